The zero-order valence-electron chi connectivity index (χ0n) is 22.3. The van der Waals surface area contributed by atoms with E-state index in [4.69, 9.17) is 21.1 Å². The quantitative estimate of drug-likeness (QED) is 0.328. The zero-order valence-corrected chi connectivity index (χ0v) is 23.1. The lowest BCUT2D eigenvalue weighted by atomic mass is 9.85. The van der Waals surface area contributed by atoms with E-state index < -0.39 is 35.6 Å². The lowest BCUT2D eigenvalue weighted by Crippen LogP contribution is -2.50. The number of hydrogen-bond donors (Lipinski definition) is 1. The van der Waals surface area contributed by atoms with Crippen LogP contribution in [0.4, 0.5) is 0 Å². The van der Waals surface area contributed by atoms with Crippen LogP contribution in [0.2, 0.25) is 5.02 Å². The van der Waals surface area contributed by atoms with Gasteiger partial charge >= 0.3 is 11.9 Å². The summed E-state index contributed by atoms with van der Waals surface area (Å²) in [5.74, 6) is -2.23. The van der Waals surface area contributed by atoms with Gasteiger partial charge in [0, 0.05) is 29.5 Å². The maximum atomic E-state index is 13.4. The van der Waals surface area contributed by atoms with Crippen LogP contribution in [0.1, 0.15) is 62.0 Å². The van der Waals surface area contributed by atoms with Crippen molar-refractivity contribution in [2.45, 2.75) is 57.8 Å². The molecule has 202 valence electrons. The van der Waals surface area contributed by atoms with Crippen molar-refractivity contribution in [1.82, 2.24) is 5.32 Å². The summed E-state index contributed by atoms with van der Waals surface area (Å²) >= 11 is 6.05. The highest BCUT2D eigenvalue weighted by atomic mass is 35.5. The number of nitriles is 1. The molecular formula is C31H31ClN2O5. The largest absolute Gasteiger partial charge is 0.447 e. The Labute approximate surface area is 233 Å². The summed E-state index contributed by atoms with van der Waals surface area (Å²) in [6.07, 6.45) is -0.740. The molecular weight excluding hydrogens is 516 g/mol. The van der Waals surface area contributed by atoms with Crippen LogP contribution in [0.5, 0.6) is 0 Å². The summed E-state index contributed by atoms with van der Waals surface area (Å²) in [6, 6.07) is 24.9. The Morgan fingerprint density at radius 3 is 2.23 bits per heavy atom. The third-order valence-electron chi connectivity index (χ3n) is 6.28. The van der Waals surface area contributed by atoms with E-state index in [1.54, 1.807) is 54.6 Å². The second-order valence-corrected chi connectivity index (χ2v) is 10.2. The molecule has 0 saturated carbocycles. The van der Waals surface area contributed by atoms with E-state index in [0.717, 1.165) is 11.1 Å². The molecule has 0 aliphatic carbocycles. The summed E-state index contributed by atoms with van der Waals surface area (Å²) in [5, 5.41) is 13.0. The van der Waals surface area contributed by atoms with E-state index >= 15 is 0 Å². The normalized spacial score (nSPS) is 13.3. The highest BCUT2D eigenvalue weighted by molar-refractivity contribution is 6.30. The summed E-state index contributed by atoms with van der Waals surface area (Å²) < 4.78 is 10.8. The minimum Gasteiger partial charge on any atom is -0.447 e. The smallest absolute Gasteiger partial charge is 0.353 e. The van der Waals surface area contributed by atoms with Gasteiger partial charge in [0.2, 0.25) is 6.10 Å². The van der Waals surface area contributed by atoms with Gasteiger partial charge in [0.05, 0.1) is 11.6 Å². The first-order valence-corrected chi connectivity index (χ1v) is 12.9. The Kier molecular flexibility index (Phi) is 9.86. The fourth-order valence-corrected chi connectivity index (χ4v) is 4.30. The highest BCUT2D eigenvalue weighted by Crippen LogP contribution is 2.28. The topological polar surface area (TPSA) is 105 Å². The SMILES string of the molecule is CC(=O)O[C@H](C(=O)OC(C)(C)C(=O)N[C@@H](C)[C@@H](Cc1ccc(Cl)cc1)c1cccc(C#N)c1)c1ccccc1. The number of esters is 2. The first-order valence-electron chi connectivity index (χ1n) is 12.5. The number of nitrogens with zero attached hydrogens (tertiary/aromatic N) is 1. The molecule has 1 amide bonds. The van der Waals surface area contributed by atoms with Crippen LogP contribution in [0.3, 0.4) is 0 Å². The van der Waals surface area contributed by atoms with Gasteiger partial charge in [-0.2, -0.15) is 5.26 Å². The molecule has 0 fully saturated rings. The second kappa shape index (κ2) is 13.1. The van der Waals surface area contributed by atoms with Gasteiger partial charge in [-0.05, 0) is 62.6 Å². The lowest BCUT2D eigenvalue weighted by Gasteiger charge is -2.31. The van der Waals surface area contributed by atoms with Crippen molar-refractivity contribution in [1.29, 1.82) is 5.26 Å². The first-order chi connectivity index (χ1) is 18.5. The molecule has 0 saturated heterocycles. The number of carbonyl (C=O) groups is 3. The van der Waals surface area contributed by atoms with Gasteiger partial charge in [-0.1, -0.05) is 66.2 Å². The standard InChI is InChI=1S/C31H31ClN2O5/c1-20(27(18-22-13-15-26(32)16-14-22)25-12-8-9-23(17-25)19-33)34-30(37)31(3,4)39-29(36)28(38-21(2)35)24-10-6-5-7-11-24/h5-17,20,27-28H,18H2,1-4H3,(H,34,37)/t20-,27+,28-/m0/s1. The van der Waals surface area contributed by atoms with Crippen molar-refractivity contribution in [2.75, 3.05) is 0 Å². The number of hydrogen-bond acceptors (Lipinski definition) is 6. The van der Waals surface area contributed by atoms with Crippen LogP contribution < -0.4 is 5.32 Å². The van der Waals surface area contributed by atoms with Crippen molar-refractivity contribution in [3.05, 3.63) is 106 Å². The van der Waals surface area contributed by atoms with Gasteiger partial charge in [-0.25, -0.2) is 4.79 Å². The molecule has 7 nitrogen and oxygen atoms in total. The Bertz CT molecular complexity index is 1350. The Morgan fingerprint density at radius 2 is 1.62 bits per heavy atom. The summed E-state index contributed by atoms with van der Waals surface area (Å²) in [4.78, 5) is 38.1. The average molecular weight is 547 g/mol. The van der Waals surface area contributed by atoms with Crippen LogP contribution in [-0.4, -0.2) is 29.5 Å². The highest BCUT2D eigenvalue weighted by Gasteiger charge is 2.38. The molecule has 3 atom stereocenters. The number of halogens is 1. The van der Waals surface area contributed by atoms with E-state index in [9.17, 15) is 19.6 Å². The average Bonchev–Trinajstić information content (AvgIpc) is 2.91. The molecule has 39 heavy (non-hydrogen) atoms. The molecule has 0 aliphatic rings. The van der Waals surface area contributed by atoms with Gasteiger partial charge in [0.15, 0.2) is 5.60 Å². The fourth-order valence-electron chi connectivity index (χ4n) is 4.18. The van der Waals surface area contributed by atoms with Gasteiger partial charge in [0.25, 0.3) is 5.91 Å². The second-order valence-electron chi connectivity index (χ2n) is 9.77. The van der Waals surface area contributed by atoms with Gasteiger partial charge in [-0.15, -0.1) is 0 Å². The third-order valence-corrected chi connectivity index (χ3v) is 6.53. The van der Waals surface area contributed by atoms with Crippen molar-refractivity contribution in [3.63, 3.8) is 0 Å². The monoisotopic (exact) mass is 546 g/mol. The molecule has 0 aromatic heterocycles. The number of ether oxygens (including phenoxy) is 2. The molecule has 0 radical (unpaired) electrons. The number of benzene rings is 3. The molecule has 0 heterocycles. The minimum absolute atomic E-state index is 0.201. The molecule has 0 bridgehead atoms. The summed E-state index contributed by atoms with van der Waals surface area (Å²) in [6.45, 7) is 6.02. The third kappa shape index (κ3) is 8.17. The predicted octanol–water partition coefficient (Wildman–Crippen LogP) is 5.67. The van der Waals surface area contributed by atoms with Crippen LogP contribution in [-0.2, 0) is 30.3 Å². The van der Waals surface area contributed by atoms with Crippen molar-refractivity contribution in [2.24, 2.45) is 0 Å². The van der Waals surface area contributed by atoms with Crippen LogP contribution in [0, 0.1) is 11.3 Å². The van der Waals surface area contributed by atoms with Crippen LogP contribution >= 0.6 is 11.6 Å². The number of carbonyl (C=O) groups excluding carboxylic acids is 3. The maximum Gasteiger partial charge on any atom is 0.353 e. The molecule has 3 aromatic carbocycles. The molecule has 0 unspecified atom stereocenters. The Hall–Kier alpha value is -4.15. The maximum absolute atomic E-state index is 13.4. The Balaban J connectivity index is 1.80. The van der Waals surface area contributed by atoms with Crippen molar-refractivity contribution >= 4 is 29.4 Å². The van der Waals surface area contributed by atoms with E-state index in [2.05, 4.69) is 11.4 Å². The van der Waals surface area contributed by atoms with Crippen molar-refractivity contribution < 1.29 is 23.9 Å². The molecule has 0 aliphatic heterocycles. The fraction of sp³-hybridized carbons (Fsp3) is 0.290. The van der Waals surface area contributed by atoms with E-state index in [1.165, 1.54) is 20.8 Å². The van der Waals surface area contributed by atoms with Gasteiger partial charge in [-0.3, -0.25) is 9.59 Å². The zero-order chi connectivity index (χ0) is 28.6. The van der Waals surface area contributed by atoms with E-state index in [-0.39, 0.29) is 5.92 Å². The number of amides is 1. The molecule has 3 aromatic rings. The van der Waals surface area contributed by atoms with E-state index in [0.29, 0.717) is 22.6 Å². The summed E-state index contributed by atoms with van der Waals surface area (Å²) in [7, 11) is 0. The summed E-state index contributed by atoms with van der Waals surface area (Å²) in [5.41, 5.74) is 1.26. The number of rotatable bonds is 10. The predicted molar refractivity (Wildman–Crippen MR) is 148 cm³/mol. The van der Waals surface area contributed by atoms with Gasteiger partial charge in [0.1, 0.15) is 0 Å². The minimum atomic E-state index is -1.57. The Morgan fingerprint density at radius 1 is 0.974 bits per heavy atom. The lowest BCUT2D eigenvalue weighted by molar-refractivity contribution is -0.180. The molecule has 3 rings (SSSR count). The molecule has 1 N–H and O–H groups in total. The van der Waals surface area contributed by atoms with Gasteiger partial charge < -0.3 is 14.8 Å². The van der Waals surface area contributed by atoms with E-state index in [1.807, 2.05) is 31.2 Å². The van der Waals surface area contributed by atoms with Crippen molar-refractivity contribution in [3.8, 4) is 6.07 Å². The number of nitrogens with one attached hydrogen (secondary N) is 1. The van der Waals surface area contributed by atoms with Crippen LogP contribution in [0.15, 0.2) is 78.9 Å². The molecule has 8 heteroatoms. The molecule has 0 spiro atoms. The van der Waals surface area contributed by atoms with Crippen LogP contribution in [0.25, 0.3) is 0 Å². The first kappa shape index (κ1) is 29.4.